The van der Waals surface area contributed by atoms with Crippen LogP contribution in [-0.4, -0.2) is 23.0 Å². The van der Waals surface area contributed by atoms with E-state index in [0.717, 1.165) is 4.90 Å². The van der Waals surface area contributed by atoms with E-state index in [0.29, 0.717) is 5.56 Å². The molecular formula is C15H13F3N2O2S. The van der Waals surface area contributed by atoms with Crippen molar-refractivity contribution in [1.82, 2.24) is 10.3 Å². The van der Waals surface area contributed by atoms with E-state index >= 15 is 0 Å². The highest BCUT2D eigenvalue weighted by atomic mass is 32.2. The van der Waals surface area contributed by atoms with Crippen molar-refractivity contribution >= 4 is 17.7 Å². The average molecular weight is 342 g/mol. The molecule has 0 unspecified atom stereocenters. The fourth-order valence-electron chi connectivity index (χ4n) is 1.64. The molecular weight excluding hydrogens is 329 g/mol. The summed E-state index contributed by atoms with van der Waals surface area (Å²) in [7, 11) is 0. The lowest BCUT2D eigenvalue weighted by Crippen LogP contribution is -2.24. The standard InChI is InChI=1S/C15H13F3N2O2S/c16-15(17,18)22-12-3-1-11(2-4-12)9-20-14(21)10-23-13-5-7-19-8-6-13/h1-8H,9-10H2,(H,20,21). The number of alkyl halides is 3. The molecule has 0 atom stereocenters. The van der Waals surface area contributed by atoms with Crippen LogP contribution in [0.5, 0.6) is 5.75 Å². The molecule has 2 rings (SSSR count). The molecule has 0 fully saturated rings. The summed E-state index contributed by atoms with van der Waals surface area (Å²) < 4.78 is 39.9. The summed E-state index contributed by atoms with van der Waals surface area (Å²) in [6.07, 6.45) is -1.42. The van der Waals surface area contributed by atoms with Crippen molar-refractivity contribution in [2.75, 3.05) is 5.75 Å². The Labute approximate surface area is 135 Å². The van der Waals surface area contributed by atoms with E-state index in [1.165, 1.54) is 36.0 Å². The number of amides is 1. The van der Waals surface area contributed by atoms with Gasteiger partial charge in [-0.15, -0.1) is 24.9 Å². The fourth-order valence-corrected chi connectivity index (χ4v) is 2.36. The van der Waals surface area contributed by atoms with Gasteiger partial charge >= 0.3 is 6.36 Å². The lowest BCUT2D eigenvalue weighted by atomic mass is 10.2. The monoisotopic (exact) mass is 342 g/mol. The topological polar surface area (TPSA) is 51.2 Å². The number of hydrogen-bond donors (Lipinski definition) is 1. The Morgan fingerprint density at radius 2 is 1.78 bits per heavy atom. The van der Waals surface area contributed by atoms with E-state index in [2.05, 4.69) is 15.0 Å². The summed E-state index contributed by atoms with van der Waals surface area (Å²) in [5, 5.41) is 2.70. The van der Waals surface area contributed by atoms with Crippen LogP contribution in [0.1, 0.15) is 5.56 Å². The van der Waals surface area contributed by atoms with E-state index in [-0.39, 0.29) is 24.0 Å². The van der Waals surface area contributed by atoms with Gasteiger partial charge in [0.05, 0.1) is 5.75 Å². The quantitative estimate of drug-likeness (QED) is 0.818. The highest BCUT2D eigenvalue weighted by Gasteiger charge is 2.30. The van der Waals surface area contributed by atoms with Gasteiger partial charge in [-0.2, -0.15) is 0 Å². The molecule has 1 N–H and O–H groups in total. The predicted octanol–water partition coefficient (Wildman–Crippen LogP) is 3.39. The molecule has 1 aromatic heterocycles. The molecule has 0 saturated carbocycles. The van der Waals surface area contributed by atoms with Gasteiger partial charge in [-0.05, 0) is 29.8 Å². The summed E-state index contributed by atoms with van der Waals surface area (Å²) in [5.74, 6) is -0.206. The number of hydrogen-bond acceptors (Lipinski definition) is 4. The zero-order valence-corrected chi connectivity index (χ0v) is 12.7. The highest BCUT2D eigenvalue weighted by Crippen LogP contribution is 2.22. The number of aromatic nitrogens is 1. The van der Waals surface area contributed by atoms with Gasteiger partial charge < -0.3 is 10.1 Å². The largest absolute Gasteiger partial charge is 0.573 e. The third kappa shape index (κ3) is 6.60. The highest BCUT2D eigenvalue weighted by molar-refractivity contribution is 8.00. The third-order valence-electron chi connectivity index (χ3n) is 2.67. The Morgan fingerprint density at radius 3 is 2.39 bits per heavy atom. The van der Waals surface area contributed by atoms with Gasteiger partial charge in [0, 0.05) is 23.8 Å². The Morgan fingerprint density at radius 1 is 1.13 bits per heavy atom. The van der Waals surface area contributed by atoms with Gasteiger partial charge in [0.1, 0.15) is 5.75 Å². The summed E-state index contributed by atoms with van der Waals surface area (Å²) in [6.45, 7) is 0.238. The van der Waals surface area contributed by atoms with Gasteiger partial charge in [-0.3, -0.25) is 9.78 Å². The molecule has 8 heteroatoms. The number of pyridine rings is 1. The molecule has 23 heavy (non-hydrogen) atoms. The van der Waals surface area contributed by atoms with Crippen LogP contribution in [-0.2, 0) is 11.3 Å². The number of carbonyl (C=O) groups excluding carboxylic acids is 1. The minimum absolute atomic E-state index is 0.164. The molecule has 0 radical (unpaired) electrons. The Kier molecular flexibility index (Phi) is 5.86. The van der Waals surface area contributed by atoms with Gasteiger partial charge in [0.25, 0.3) is 0 Å². The molecule has 0 aliphatic rings. The van der Waals surface area contributed by atoms with E-state index in [1.54, 1.807) is 24.5 Å². The van der Waals surface area contributed by atoms with Crippen LogP contribution < -0.4 is 10.1 Å². The van der Waals surface area contributed by atoms with E-state index in [4.69, 9.17) is 0 Å². The van der Waals surface area contributed by atoms with Crippen molar-refractivity contribution in [2.45, 2.75) is 17.8 Å². The average Bonchev–Trinajstić information content (AvgIpc) is 2.52. The molecule has 1 aromatic carbocycles. The van der Waals surface area contributed by atoms with Crippen LogP contribution in [0.15, 0.2) is 53.7 Å². The lowest BCUT2D eigenvalue weighted by molar-refractivity contribution is -0.274. The first-order chi connectivity index (χ1) is 10.9. The summed E-state index contributed by atoms with van der Waals surface area (Å²) in [5.41, 5.74) is 0.682. The van der Waals surface area contributed by atoms with Crippen molar-refractivity contribution in [3.63, 3.8) is 0 Å². The van der Waals surface area contributed by atoms with Gasteiger partial charge in [-0.25, -0.2) is 0 Å². The molecule has 0 saturated heterocycles. The number of thioether (sulfide) groups is 1. The zero-order valence-electron chi connectivity index (χ0n) is 11.8. The molecule has 0 spiro atoms. The minimum Gasteiger partial charge on any atom is -0.406 e. The summed E-state index contributed by atoms with van der Waals surface area (Å²) in [4.78, 5) is 16.5. The molecule has 1 heterocycles. The second kappa shape index (κ2) is 7.87. The minimum atomic E-state index is -4.71. The summed E-state index contributed by atoms with van der Waals surface area (Å²) in [6, 6.07) is 8.96. The molecule has 4 nitrogen and oxygen atoms in total. The van der Waals surface area contributed by atoms with Crippen molar-refractivity contribution < 1.29 is 22.7 Å². The van der Waals surface area contributed by atoms with Crippen LogP contribution >= 0.6 is 11.8 Å². The number of rotatable bonds is 6. The van der Waals surface area contributed by atoms with E-state index in [9.17, 15) is 18.0 Å². The molecule has 1 amide bonds. The van der Waals surface area contributed by atoms with Crippen LogP contribution in [0.3, 0.4) is 0 Å². The molecule has 0 aliphatic carbocycles. The Hall–Kier alpha value is -2.22. The van der Waals surface area contributed by atoms with Crippen LogP contribution in [0.2, 0.25) is 0 Å². The van der Waals surface area contributed by atoms with Gasteiger partial charge in [-0.1, -0.05) is 12.1 Å². The second-order valence-electron chi connectivity index (χ2n) is 4.44. The SMILES string of the molecule is O=C(CSc1ccncc1)NCc1ccc(OC(F)(F)F)cc1. The third-order valence-corrected chi connectivity index (χ3v) is 3.68. The smallest absolute Gasteiger partial charge is 0.406 e. The Bertz CT molecular complexity index is 633. The van der Waals surface area contributed by atoms with Crippen LogP contribution in [0.4, 0.5) is 13.2 Å². The number of benzene rings is 1. The van der Waals surface area contributed by atoms with Crippen molar-refractivity contribution in [3.8, 4) is 5.75 Å². The molecule has 0 bridgehead atoms. The zero-order chi connectivity index (χ0) is 16.7. The fraction of sp³-hybridized carbons (Fsp3) is 0.200. The first-order valence-electron chi connectivity index (χ1n) is 6.56. The maximum Gasteiger partial charge on any atom is 0.573 e. The van der Waals surface area contributed by atoms with Crippen LogP contribution in [0, 0.1) is 0 Å². The van der Waals surface area contributed by atoms with Gasteiger partial charge in [0.15, 0.2) is 0 Å². The van der Waals surface area contributed by atoms with Crippen molar-refractivity contribution in [1.29, 1.82) is 0 Å². The van der Waals surface area contributed by atoms with E-state index < -0.39 is 6.36 Å². The first-order valence-corrected chi connectivity index (χ1v) is 7.55. The van der Waals surface area contributed by atoms with E-state index in [1.807, 2.05) is 0 Å². The number of carbonyl (C=O) groups is 1. The van der Waals surface area contributed by atoms with Crippen LogP contribution in [0.25, 0.3) is 0 Å². The molecule has 0 aliphatic heterocycles. The van der Waals surface area contributed by atoms with Crippen molar-refractivity contribution in [2.24, 2.45) is 0 Å². The second-order valence-corrected chi connectivity index (χ2v) is 5.49. The maximum absolute atomic E-state index is 12.0. The molecule has 122 valence electrons. The number of halogens is 3. The van der Waals surface area contributed by atoms with Crippen molar-refractivity contribution in [3.05, 3.63) is 54.4 Å². The maximum atomic E-state index is 12.0. The molecule has 2 aromatic rings. The predicted molar refractivity (Wildman–Crippen MR) is 79.9 cm³/mol. The van der Waals surface area contributed by atoms with Gasteiger partial charge in [0.2, 0.25) is 5.91 Å². The Balaban J connectivity index is 1.76. The first kappa shape index (κ1) is 17.1. The normalized spacial score (nSPS) is 11.1. The summed E-state index contributed by atoms with van der Waals surface area (Å²) >= 11 is 1.38. The number of ether oxygens (including phenoxy) is 1. The number of nitrogens with zero attached hydrogens (tertiary/aromatic N) is 1. The number of nitrogens with one attached hydrogen (secondary N) is 1. The lowest BCUT2D eigenvalue weighted by Gasteiger charge is -2.09.